The lowest BCUT2D eigenvalue weighted by atomic mass is 10.0. The summed E-state index contributed by atoms with van der Waals surface area (Å²) < 4.78 is 5.64. The third kappa shape index (κ3) is 5.89. The maximum Gasteiger partial charge on any atom is 0.221 e. The Bertz CT molecular complexity index is 263. The summed E-state index contributed by atoms with van der Waals surface area (Å²) in [5.74, 6) is 0.0948. The quantitative estimate of drug-likeness (QED) is 0.716. The van der Waals surface area contributed by atoms with Gasteiger partial charge in [-0.05, 0) is 33.6 Å². The number of amides is 1. The normalized spacial score (nSPS) is 19.6. The SMILES string of the molecule is CCOC1CCN(C(CN)CC(=O)NC(C)C)CC1. The number of likely N-dealkylation sites (tertiary alicyclic amines) is 1. The Hall–Kier alpha value is -0.650. The van der Waals surface area contributed by atoms with Crippen LogP contribution in [0.5, 0.6) is 0 Å². The van der Waals surface area contributed by atoms with E-state index in [0.717, 1.165) is 32.5 Å². The average molecular weight is 271 g/mol. The highest BCUT2D eigenvalue weighted by Gasteiger charge is 2.26. The van der Waals surface area contributed by atoms with Crippen LogP contribution in [-0.2, 0) is 9.53 Å². The van der Waals surface area contributed by atoms with Gasteiger partial charge in [0.1, 0.15) is 0 Å². The van der Waals surface area contributed by atoms with E-state index in [1.165, 1.54) is 0 Å². The van der Waals surface area contributed by atoms with Crippen molar-refractivity contribution >= 4 is 5.91 Å². The summed E-state index contributed by atoms with van der Waals surface area (Å²) in [6, 6.07) is 0.343. The van der Waals surface area contributed by atoms with Crippen LogP contribution in [0.2, 0.25) is 0 Å². The highest BCUT2D eigenvalue weighted by Crippen LogP contribution is 2.17. The summed E-state index contributed by atoms with van der Waals surface area (Å²) in [5.41, 5.74) is 5.82. The molecule has 112 valence electrons. The van der Waals surface area contributed by atoms with Gasteiger partial charge in [0.15, 0.2) is 0 Å². The van der Waals surface area contributed by atoms with Gasteiger partial charge >= 0.3 is 0 Å². The van der Waals surface area contributed by atoms with E-state index < -0.39 is 0 Å². The summed E-state index contributed by atoms with van der Waals surface area (Å²) in [5, 5.41) is 2.93. The van der Waals surface area contributed by atoms with Gasteiger partial charge in [0.2, 0.25) is 5.91 Å². The van der Waals surface area contributed by atoms with E-state index in [2.05, 4.69) is 10.2 Å². The molecule has 0 aromatic rings. The molecule has 3 N–H and O–H groups in total. The maximum absolute atomic E-state index is 11.8. The number of piperidine rings is 1. The molecule has 19 heavy (non-hydrogen) atoms. The minimum atomic E-state index is 0.0948. The predicted molar refractivity (Wildman–Crippen MR) is 77.0 cm³/mol. The van der Waals surface area contributed by atoms with E-state index in [4.69, 9.17) is 10.5 Å². The molecule has 1 heterocycles. The first-order valence-electron chi connectivity index (χ1n) is 7.41. The Morgan fingerprint density at radius 2 is 2.05 bits per heavy atom. The summed E-state index contributed by atoms with van der Waals surface area (Å²) in [4.78, 5) is 14.1. The van der Waals surface area contributed by atoms with Crippen LogP contribution in [0.4, 0.5) is 0 Å². The number of ether oxygens (including phenoxy) is 1. The van der Waals surface area contributed by atoms with E-state index >= 15 is 0 Å². The summed E-state index contributed by atoms with van der Waals surface area (Å²) >= 11 is 0. The molecule has 1 amide bonds. The van der Waals surface area contributed by atoms with Crippen LogP contribution in [0.15, 0.2) is 0 Å². The minimum Gasteiger partial charge on any atom is -0.378 e. The Morgan fingerprint density at radius 1 is 1.42 bits per heavy atom. The molecule has 0 aromatic heterocycles. The minimum absolute atomic E-state index is 0.0948. The zero-order valence-corrected chi connectivity index (χ0v) is 12.5. The average Bonchev–Trinajstić information content (AvgIpc) is 2.36. The van der Waals surface area contributed by atoms with Crippen molar-refractivity contribution in [2.24, 2.45) is 5.73 Å². The molecule has 1 rings (SSSR count). The van der Waals surface area contributed by atoms with Crippen LogP contribution in [-0.4, -0.2) is 55.2 Å². The lowest BCUT2D eigenvalue weighted by molar-refractivity contribution is -0.123. The van der Waals surface area contributed by atoms with E-state index in [-0.39, 0.29) is 18.0 Å². The van der Waals surface area contributed by atoms with Crippen LogP contribution in [0, 0.1) is 0 Å². The second-order valence-corrected chi connectivity index (χ2v) is 5.51. The molecule has 0 aromatic carbocycles. The fourth-order valence-electron chi connectivity index (χ4n) is 2.60. The number of nitrogens with two attached hydrogens (primary N) is 1. The molecule has 5 nitrogen and oxygen atoms in total. The third-order valence-corrected chi connectivity index (χ3v) is 3.54. The molecule has 1 unspecified atom stereocenters. The third-order valence-electron chi connectivity index (χ3n) is 3.54. The Kier molecular flexibility index (Phi) is 7.34. The van der Waals surface area contributed by atoms with E-state index in [0.29, 0.717) is 19.1 Å². The summed E-state index contributed by atoms with van der Waals surface area (Å²) in [6.45, 7) is 9.24. The first kappa shape index (κ1) is 16.4. The van der Waals surface area contributed by atoms with Crippen LogP contribution >= 0.6 is 0 Å². The Labute approximate surface area is 116 Å². The van der Waals surface area contributed by atoms with Crippen LogP contribution in [0.25, 0.3) is 0 Å². The highest BCUT2D eigenvalue weighted by atomic mass is 16.5. The Balaban J connectivity index is 2.37. The highest BCUT2D eigenvalue weighted by molar-refractivity contribution is 5.76. The molecule has 1 saturated heterocycles. The largest absolute Gasteiger partial charge is 0.378 e. The fourth-order valence-corrected chi connectivity index (χ4v) is 2.60. The van der Waals surface area contributed by atoms with Gasteiger partial charge in [-0.3, -0.25) is 9.69 Å². The van der Waals surface area contributed by atoms with Crippen molar-refractivity contribution in [3.8, 4) is 0 Å². The predicted octanol–water partition coefficient (Wildman–Crippen LogP) is 0.729. The van der Waals surface area contributed by atoms with Crippen LogP contribution < -0.4 is 11.1 Å². The van der Waals surface area contributed by atoms with Crippen molar-refractivity contribution in [2.75, 3.05) is 26.2 Å². The van der Waals surface area contributed by atoms with Gasteiger partial charge in [0, 0.05) is 44.7 Å². The maximum atomic E-state index is 11.8. The van der Waals surface area contributed by atoms with Gasteiger partial charge in [0.25, 0.3) is 0 Å². The molecule has 0 saturated carbocycles. The zero-order valence-electron chi connectivity index (χ0n) is 12.5. The number of rotatable bonds is 7. The fraction of sp³-hybridized carbons (Fsp3) is 0.929. The summed E-state index contributed by atoms with van der Waals surface area (Å²) in [7, 11) is 0. The molecular weight excluding hydrogens is 242 g/mol. The van der Waals surface area contributed by atoms with E-state index in [1.54, 1.807) is 0 Å². The molecule has 1 atom stereocenters. The lowest BCUT2D eigenvalue weighted by Crippen LogP contribution is -2.49. The number of carbonyl (C=O) groups excluding carboxylic acids is 1. The van der Waals surface area contributed by atoms with Gasteiger partial charge in [-0.1, -0.05) is 0 Å². The molecular formula is C14H29N3O2. The topological polar surface area (TPSA) is 67.6 Å². The van der Waals surface area contributed by atoms with Crippen LogP contribution in [0.1, 0.15) is 40.0 Å². The van der Waals surface area contributed by atoms with Crippen molar-refractivity contribution in [1.29, 1.82) is 0 Å². The second kappa shape index (κ2) is 8.51. The molecule has 0 radical (unpaired) electrons. The van der Waals surface area contributed by atoms with Gasteiger partial charge in [-0.25, -0.2) is 0 Å². The lowest BCUT2D eigenvalue weighted by Gasteiger charge is -2.36. The van der Waals surface area contributed by atoms with Crippen LogP contribution in [0.3, 0.4) is 0 Å². The van der Waals surface area contributed by atoms with Crippen molar-refractivity contribution < 1.29 is 9.53 Å². The molecule has 1 aliphatic rings. The molecule has 5 heteroatoms. The molecule has 0 spiro atoms. The van der Waals surface area contributed by atoms with Gasteiger partial charge in [0.05, 0.1) is 6.10 Å². The number of carbonyl (C=O) groups is 1. The van der Waals surface area contributed by atoms with Gasteiger partial charge < -0.3 is 15.8 Å². The number of hydrogen-bond acceptors (Lipinski definition) is 4. The monoisotopic (exact) mass is 271 g/mol. The number of nitrogens with one attached hydrogen (secondary N) is 1. The van der Waals surface area contributed by atoms with Crippen molar-refractivity contribution in [3.05, 3.63) is 0 Å². The summed E-state index contributed by atoms with van der Waals surface area (Å²) in [6.07, 6.45) is 2.95. The van der Waals surface area contributed by atoms with Crippen molar-refractivity contribution in [1.82, 2.24) is 10.2 Å². The first-order valence-corrected chi connectivity index (χ1v) is 7.41. The van der Waals surface area contributed by atoms with Crippen molar-refractivity contribution in [3.63, 3.8) is 0 Å². The molecule has 1 aliphatic heterocycles. The second-order valence-electron chi connectivity index (χ2n) is 5.51. The standard InChI is InChI=1S/C14H29N3O2/c1-4-19-13-5-7-17(8-6-13)12(10-15)9-14(18)16-11(2)3/h11-13H,4-10,15H2,1-3H3,(H,16,18). The molecule has 0 aliphatic carbocycles. The van der Waals surface area contributed by atoms with Gasteiger partial charge in [-0.2, -0.15) is 0 Å². The number of hydrogen-bond donors (Lipinski definition) is 2. The van der Waals surface area contributed by atoms with Gasteiger partial charge in [-0.15, -0.1) is 0 Å². The smallest absolute Gasteiger partial charge is 0.221 e. The number of nitrogens with zero attached hydrogens (tertiary/aromatic N) is 1. The van der Waals surface area contributed by atoms with Crippen molar-refractivity contribution in [2.45, 2.75) is 58.2 Å². The zero-order chi connectivity index (χ0) is 14.3. The Morgan fingerprint density at radius 3 is 2.53 bits per heavy atom. The van der Waals surface area contributed by atoms with E-state index in [1.807, 2.05) is 20.8 Å². The van der Waals surface area contributed by atoms with E-state index in [9.17, 15) is 4.79 Å². The molecule has 1 fully saturated rings. The molecule has 0 bridgehead atoms. The first-order chi connectivity index (χ1) is 9.06.